The van der Waals surface area contributed by atoms with E-state index in [-0.39, 0.29) is 42.8 Å². The smallest absolute Gasteiger partial charge is 0.124 e. The Kier molecular flexibility index (Phi) is 15.9. The Bertz CT molecular complexity index is 1960. The number of hydrogen-bond acceptors (Lipinski definition) is 9. The van der Waals surface area contributed by atoms with Crippen LogP contribution in [0.3, 0.4) is 0 Å². The summed E-state index contributed by atoms with van der Waals surface area (Å²) >= 11 is 0. The topological polar surface area (TPSA) is 157 Å². The molecule has 5 aromatic rings. The van der Waals surface area contributed by atoms with Crippen LogP contribution in [0.1, 0.15) is 79.2 Å². The molecule has 0 aliphatic heterocycles. The molecule has 0 aromatic heterocycles. The van der Waals surface area contributed by atoms with E-state index in [2.05, 4.69) is 6.92 Å². The highest BCUT2D eigenvalue weighted by Crippen LogP contribution is 2.34. The van der Waals surface area contributed by atoms with Gasteiger partial charge in [0.15, 0.2) is 0 Å². The van der Waals surface area contributed by atoms with Crippen LogP contribution in [0.5, 0.6) is 28.7 Å². The Labute approximate surface area is 312 Å². The zero-order valence-corrected chi connectivity index (χ0v) is 31.5. The minimum absolute atomic E-state index is 0.120. The van der Waals surface area contributed by atoms with Gasteiger partial charge in [-0.15, -0.1) is 0 Å². The number of benzene rings is 5. The van der Waals surface area contributed by atoms with Crippen LogP contribution in [-0.2, 0) is 60.1 Å². The summed E-state index contributed by atoms with van der Waals surface area (Å²) in [7, 11) is 0. The Morgan fingerprint density at radius 2 is 1.06 bits per heavy atom. The number of aromatic hydroxyl groups is 5. The monoisotopic (exact) mass is 724 g/mol. The van der Waals surface area contributed by atoms with Crippen molar-refractivity contribution in [1.82, 2.24) is 0 Å². The Balaban J connectivity index is 0.000000660. The molecule has 9 nitrogen and oxygen atoms in total. The molecule has 0 aliphatic carbocycles. The van der Waals surface area contributed by atoms with Crippen LogP contribution in [0.15, 0.2) is 72.8 Å². The summed E-state index contributed by atoms with van der Waals surface area (Å²) in [6, 6.07) is 21.9. The van der Waals surface area contributed by atoms with E-state index in [4.69, 9.17) is 19.4 Å². The van der Waals surface area contributed by atoms with Crippen molar-refractivity contribution in [1.29, 1.82) is 0 Å². The lowest BCUT2D eigenvalue weighted by Gasteiger charge is -2.18. The molecule has 0 saturated carbocycles. The number of carbonyl (C=O) groups excluding carboxylic acids is 1. The molecule has 0 fully saturated rings. The van der Waals surface area contributed by atoms with Crippen molar-refractivity contribution in [2.24, 2.45) is 0 Å². The molecule has 6 N–H and O–H groups in total. The van der Waals surface area contributed by atoms with Gasteiger partial charge in [0.1, 0.15) is 35.5 Å². The van der Waals surface area contributed by atoms with E-state index in [0.717, 1.165) is 50.9 Å². The van der Waals surface area contributed by atoms with Gasteiger partial charge in [0, 0.05) is 17.5 Å². The average Bonchev–Trinajstić information content (AvgIpc) is 3.14. The summed E-state index contributed by atoms with van der Waals surface area (Å²) in [4.78, 5) is 8.00. The molecular formula is C44H52O9. The molecule has 0 amide bonds. The number of aliphatic hydroxyl groups is 1. The van der Waals surface area contributed by atoms with Gasteiger partial charge in [0.05, 0.1) is 33.0 Å². The number of para-hydroxylation sites is 1. The molecule has 282 valence electrons. The van der Waals surface area contributed by atoms with Crippen LogP contribution in [0.25, 0.3) is 0 Å². The van der Waals surface area contributed by atoms with Crippen molar-refractivity contribution in [3.63, 3.8) is 0 Å². The van der Waals surface area contributed by atoms with Gasteiger partial charge in [-0.3, -0.25) is 0 Å². The van der Waals surface area contributed by atoms with E-state index in [9.17, 15) is 25.5 Å². The molecule has 0 spiro atoms. The minimum atomic E-state index is -0.131. The average molecular weight is 725 g/mol. The highest BCUT2D eigenvalue weighted by atomic mass is 16.5. The fourth-order valence-corrected chi connectivity index (χ4v) is 6.17. The molecule has 5 aromatic carbocycles. The van der Waals surface area contributed by atoms with Gasteiger partial charge in [0.25, 0.3) is 0 Å². The highest BCUT2D eigenvalue weighted by Gasteiger charge is 2.17. The summed E-state index contributed by atoms with van der Waals surface area (Å²) < 4.78 is 12.0. The minimum Gasteiger partial charge on any atom is -0.508 e. The van der Waals surface area contributed by atoms with Crippen LogP contribution in [0.4, 0.5) is 0 Å². The summed E-state index contributed by atoms with van der Waals surface area (Å²) in [6.45, 7) is 14.2. The third-order valence-corrected chi connectivity index (χ3v) is 9.08. The second kappa shape index (κ2) is 20.0. The molecule has 0 heterocycles. The molecule has 0 atom stereocenters. The van der Waals surface area contributed by atoms with Crippen LogP contribution in [-0.4, -0.2) is 37.4 Å². The van der Waals surface area contributed by atoms with E-state index in [1.54, 1.807) is 31.2 Å². The lowest BCUT2D eigenvalue weighted by atomic mass is 9.92. The lowest BCUT2D eigenvalue weighted by Crippen LogP contribution is -2.04. The zero-order chi connectivity index (χ0) is 39.2. The standard InChI is InChI=1S/C36H42O7.C7H8O.CH2O/c1-6-32-24(5)36(41)28(15-29(32)18-42-17-25-7-8-33(38)21(2)9-25)12-26-10-22(3)34(39)30(13-26)19-43-20-31-14-27(16-37)11-23(4)35(31)40;1-6-4-2-3-5-7(6)8;1-2/h7-11,13-15,37-41H,6,12,16-20H2,1-5H3;2-5,8H,1H3;1H2. The first kappa shape index (κ1) is 42.1. The Morgan fingerprint density at radius 3 is 1.60 bits per heavy atom. The fraction of sp³-hybridized carbons (Fsp3) is 0.295. The third kappa shape index (κ3) is 11.3. The second-order valence-corrected chi connectivity index (χ2v) is 13.1. The summed E-state index contributed by atoms with van der Waals surface area (Å²) in [5, 5.41) is 60.5. The number of ether oxygens (including phenoxy) is 2. The van der Waals surface area contributed by atoms with Gasteiger partial charge in [0.2, 0.25) is 0 Å². The first-order valence-corrected chi connectivity index (χ1v) is 17.4. The SMILES string of the molecule is C=O.CCc1c(COCc2ccc(O)c(C)c2)cc(Cc2cc(C)c(O)c(COCc3cc(CO)cc(C)c3O)c2)c(O)c1C.Cc1ccccc1O. The number of aryl methyl sites for hydroxylation is 4. The Hall–Kier alpha value is -5.35. The van der Waals surface area contributed by atoms with E-state index >= 15 is 0 Å². The normalized spacial score (nSPS) is 10.6. The Morgan fingerprint density at radius 1 is 0.528 bits per heavy atom. The lowest BCUT2D eigenvalue weighted by molar-refractivity contribution is -0.0980. The summed E-state index contributed by atoms with van der Waals surface area (Å²) in [5.74, 6) is 1.16. The quantitative estimate of drug-likeness (QED) is 0.0744. The molecule has 0 aliphatic rings. The van der Waals surface area contributed by atoms with Gasteiger partial charge in [-0.2, -0.15) is 0 Å². The molecular weight excluding hydrogens is 672 g/mol. The molecule has 0 radical (unpaired) electrons. The van der Waals surface area contributed by atoms with Crippen molar-refractivity contribution in [2.45, 2.75) is 87.4 Å². The predicted octanol–water partition coefficient (Wildman–Crippen LogP) is 8.34. The maximum absolute atomic E-state index is 11.1. The maximum atomic E-state index is 11.1. The maximum Gasteiger partial charge on any atom is 0.124 e. The van der Waals surface area contributed by atoms with Gasteiger partial charge in [-0.1, -0.05) is 49.4 Å². The van der Waals surface area contributed by atoms with Crippen LogP contribution < -0.4 is 0 Å². The van der Waals surface area contributed by atoms with Gasteiger partial charge in [-0.25, -0.2) is 0 Å². The molecule has 0 unspecified atom stereocenters. The van der Waals surface area contributed by atoms with Gasteiger partial charge >= 0.3 is 0 Å². The van der Waals surface area contributed by atoms with Crippen LogP contribution >= 0.6 is 0 Å². The fourth-order valence-electron chi connectivity index (χ4n) is 6.17. The van der Waals surface area contributed by atoms with E-state index in [1.807, 2.05) is 83.0 Å². The van der Waals surface area contributed by atoms with E-state index < -0.39 is 0 Å². The molecule has 0 saturated heterocycles. The first-order valence-electron chi connectivity index (χ1n) is 17.4. The third-order valence-electron chi connectivity index (χ3n) is 9.08. The van der Waals surface area contributed by atoms with Gasteiger partial charge in [-0.05, 0) is 133 Å². The number of phenols is 5. The largest absolute Gasteiger partial charge is 0.508 e. The number of phenolic OH excluding ortho intramolecular Hbond substituents is 5. The predicted molar refractivity (Wildman–Crippen MR) is 206 cm³/mol. The van der Waals surface area contributed by atoms with E-state index in [1.165, 1.54) is 0 Å². The summed E-state index contributed by atoms with van der Waals surface area (Å²) in [5.41, 5.74) is 10.5. The number of aliphatic hydroxyl groups excluding tert-OH is 1. The van der Waals surface area contributed by atoms with Crippen molar-refractivity contribution < 1.29 is 44.9 Å². The number of rotatable bonds is 12. The molecule has 9 heteroatoms. The second-order valence-electron chi connectivity index (χ2n) is 13.1. The zero-order valence-electron chi connectivity index (χ0n) is 31.5. The number of carbonyl (C=O) groups is 1. The number of hydrogen-bond donors (Lipinski definition) is 6. The summed E-state index contributed by atoms with van der Waals surface area (Å²) in [6.07, 6.45) is 1.21. The first-order chi connectivity index (χ1) is 25.3. The van der Waals surface area contributed by atoms with Crippen molar-refractivity contribution in [3.8, 4) is 28.7 Å². The van der Waals surface area contributed by atoms with Crippen LogP contribution in [0, 0.1) is 34.6 Å². The van der Waals surface area contributed by atoms with Crippen molar-refractivity contribution >= 4 is 6.79 Å². The molecule has 5 rings (SSSR count). The highest BCUT2D eigenvalue weighted by molar-refractivity contribution is 5.52. The van der Waals surface area contributed by atoms with Crippen molar-refractivity contribution in [3.05, 3.63) is 145 Å². The molecule has 53 heavy (non-hydrogen) atoms. The van der Waals surface area contributed by atoms with Gasteiger partial charge < -0.3 is 44.9 Å². The van der Waals surface area contributed by atoms with Crippen LogP contribution in [0.2, 0.25) is 0 Å². The van der Waals surface area contributed by atoms with Crippen molar-refractivity contribution in [2.75, 3.05) is 0 Å². The van der Waals surface area contributed by atoms with E-state index in [0.29, 0.717) is 53.2 Å². The molecule has 0 bridgehead atoms.